The molecule has 0 unspecified atom stereocenters. The van der Waals surface area contributed by atoms with E-state index in [0.717, 1.165) is 33.3 Å². The fourth-order valence-corrected chi connectivity index (χ4v) is 4.69. The molecule has 0 amide bonds. The van der Waals surface area contributed by atoms with Gasteiger partial charge < -0.3 is 9.31 Å². The summed E-state index contributed by atoms with van der Waals surface area (Å²) in [5.74, 6) is 1.90. The van der Waals surface area contributed by atoms with E-state index in [-0.39, 0.29) is 0 Å². The molecular weight excluding hydrogens is 481 g/mol. The molecule has 39 heavy (non-hydrogen) atoms. The maximum Gasteiger partial charge on any atom is 0.494 e. The Bertz CT molecular complexity index is 1550. The summed E-state index contributed by atoms with van der Waals surface area (Å²) in [4.78, 5) is 14.7. The van der Waals surface area contributed by atoms with Crippen LogP contribution in [-0.4, -0.2) is 33.3 Å². The summed E-state index contributed by atoms with van der Waals surface area (Å²) in [5.41, 5.74) is 5.06. The first-order chi connectivity index (χ1) is 18.8. The zero-order valence-corrected chi connectivity index (χ0v) is 22.6. The molecule has 0 spiro atoms. The normalized spacial score (nSPS) is 15.8. The molecule has 4 aromatic carbocycles. The number of nitrogens with zero attached hydrogens (tertiary/aromatic N) is 3. The predicted molar refractivity (Wildman–Crippen MR) is 157 cm³/mol. The van der Waals surface area contributed by atoms with Gasteiger partial charge in [-0.3, -0.25) is 0 Å². The standard InChI is InChI=1S/C33H30BN3O2/c1-32(2)33(3,4)39-34(38-32)26-19-13-18-25(22-26)27-20-11-12-21-28(27)31-36-29(23-14-7-5-8-15-23)35-30(37-31)24-16-9-6-10-17-24/h5-22H,1-4H3. The highest BCUT2D eigenvalue weighted by atomic mass is 16.7. The molecule has 1 aromatic heterocycles. The summed E-state index contributed by atoms with van der Waals surface area (Å²) in [6, 6.07) is 36.6. The van der Waals surface area contributed by atoms with E-state index in [1.165, 1.54) is 0 Å². The molecule has 0 radical (unpaired) electrons. The van der Waals surface area contributed by atoms with Gasteiger partial charge in [-0.25, -0.2) is 15.0 Å². The van der Waals surface area contributed by atoms with Gasteiger partial charge in [0.25, 0.3) is 0 Å². The molecule has 0 aliphatic carbocycles. The van der Waals surface area contributed by atoms with E-state index in [9.17, 15) is 0 Å². The second-order valence-corrected chi connectivity index (χ2v) is 10.8. The summed E-state index contributed by atoms with van der Waals surface area (Å²) in [6.07, 6.45) is 0. The molecule has 1 aliphatic rings. The Morgan fingerprint density at radius 2 is 0.949 bits per heavy atom. The van der Waals surface area contributed by atoms with Crippen molar-refractivity contribution in [1.82, 2.24) is 15.0 Å². The molecule has 0 bridgehead atoms. The molecule has 0 saturated carbocycles. The summed E-state index contributed by atoms with van der Waals surface area (Å²) >= 11 is 0. The van der Waals surface area contributed by atoms with Crippen LogP contribution < -0.4 is 5.46 Å². The Labute approximate surface area is 230 Å². The van der Waals surface area contributed by atoms with Crippen LogP contribution in [0.4, 0.5) is 0 Å². The van der Waals surface area contributed by atoms with E-state index in [4.69, 9.17) is 24.3 Å². The first-order valence-corrected chi connectivity index (χ1v) is 13.2. The highest BCUT2D eigenvalue weighted by molar-refractivity contribution is 6.62. The van der Waals surface area contributed by atoms with Gasteiger partial charge in [0.15, 0.2) is 17.5 Å². The van der Waals surface area contributed by atoms with Crippen LogP contribution in [-0.2, 0) is 9.31 Å². The fraction of sp³-hybridized carbons (Fsp3) is 0.182. The average Bonchev–Trinajstić information content (AvgIpc) is 3.20. The lowest BCUT2D eigenvalue weighted by atomic mass is 9.77. The van der Waals surface area contributed by atoms with Crippen molar-refractivity contribution >= 4 is 12.6 Å². The van der Waals surface area contributed by atoms with Gasteiger partial charge in [0.05, 0.1) is 11.2 Å². The molecule has 6 heteroatoms. The van der Waals surface area contributed by atoms with E-state index in [2.05, 4.69) is 58.0 Å². The topological polar surface area (TPSA) is 57.1 Å². The van der Waals surface area contributed by atoms with Gasteiger partial charge in [0.1, 0.15) is 0 Å². The molecule has 6 rings (SSSR count). The lowest BCUT2D eigenvalue weighted by Crippen LogP contribution is -2.41. The van der Waals surface area contributed by atoms with Crippen molar-refractivity contribution in [3.8, 4) is 45.3 Å². The molecule has 0 N–H and O–H groups in total. The second kappa shape index (κ2) is 9.88. The Morgan fingerprint density at radius 1 is 0.487 bits per heavy atom. The summed E-state index contributed by atoms with van der Waals surface area (Å²) in [5, 5.41) is 0. The van der Waals surface area contributed by atoms with Gasteiger partial charge in [-0.15, -0.1) is 0 Å². The number of hydrogen-bond acceptors (Lipinski definition) is 5. The zero-order chi connectivity index (χ0) is 27.0. The lowest BCUT2D eigenvalue weighted by molar-refractivity contribution is 0.00578. The molecule has 2 heterocycles. The number of rotatable bonds is 5. The van der Waals surface area contributed by atoms with Crippen molar-refractivity contribution in [1.29, 1.82) is 0 Å². The SMILES string of the molecule is CC1(C)OB(c2cccc(-c3ccccc3-c3nc(-c4ccccc4)nc(-c4ccccc4)n3)c2)OC1(C)C. The van der Waals surface area contributed by atoms with E-state index < -0.39 is 18.3 Å². The monoisotopic (exact) mass is 511 g/mol. The van der Waals surface area contributed by atoms with E-state index >= 15 is 0 Å². The van der Waals surface area contributed by atoms with Crippen LogP contribution >= 0.6 is 0 Å². The molecule has 0 atom stereocenters. The van der Waals surface area contributed by atoms with Crippen LogP contribution in [0.3, 0.4) is 0 Å². The number of aromatic nitrogens is 3. The first kappa shape index (κ1) is 25.2. The maximum atomic E-state index is 6.33. The maximum absolute atomic E-state index is 6.33. The minimum atomic E-state index is -0.436. The van der Waals surface area contributed by atoms with Crippen LogP contribution in [0.1, 0.15) is 27.7 Å². The van der Waals surface area contributed by atoms with Gasteiger partial charge in [0.2, 0.25) is 0 Å². The van der Waals surface area contributed by atoms with Crippen molar-refractivity contribution in [2.45, 2.75) is 38.9 Å². The highest BCUT2D eigenvalue weighted by Gasteiger charge is 2.51. The second-order valence-electron chi connectivity index (χ2n) is 10.8. The Morgan fingerprint density at radius 3 is 1.51 bits per heavy atom. The lowest BCUT2D eigenvalue weighted by Gasteiger charge is -2.32. The molecule has 5 aromatic rings. The van der Waals surface area contributed by atoms with Crippen LogP contribution in [0, 0.1) is 0 Å². The smallest absolute Gasteiger partial charge is 0.399 e. The van der Waals surface area contributed by atoms with Crippen molar-refractivity contribution in [2.75, 3.05) is 0 Å². The highest BCUT2D eigenvalue weighted by Crippen LogP contribution is 2.37. The van der Waals surface area contributed by atoms with Crippen LogP contribution in [0.25, 0.3) is 45.3 Å². The predicted octanol–water partition coefficient (Wildman–Crippen LogP) is 6.84. The third-order valence-electron chi connectivity index (χ3n) is 7.59. The Hall–Kier alpha value is -4.13. The van der Waals surface area contributed by atoms with Crippen molar-refractivity contribution in [3.05, 3.63) is 109 Å². The molecule has 1 fully saturated rings. The average molecular weight is 511 g/mol. The van der Waals surface area contributed by atoms with Gasteiger partial charge in [-0.05, 0) is 44.3 Å². The van der Waals surface area contributed by atoms with Crippen molar-refractivity contribution < 1.29 is 9.31 Å². The van der Waals surface area contributed by atoms with Crippen LogP contribution in [0.2, 0.25) is 0 Å². The van der Waals surface area contributed by atoms with Gasteiger partial charge in [-0.2, -0.15) is 0 Å². The molecule has 5 nitrogen and oxygen atoms in total. The quantitative estimate of drug-likeness (QED) is 0.242. The van der Waals surface area contributed by atoms with Gasteiger partial charge >= 0.3 is 7.12 Å². The third kappa shape index (κ3) is 4.89. The van der Waals surface area contributed by atoms with Crippen LogP contribution in [0.5, 0.6) is 0 Å². The summed E-state index contributed by atoms with van der Waals surface area (Å²) in [7, 11) is -0.436. The third-order valence-corrected chi connectivity index (χ3v) is 7.59. The number of benzene rings is 4. The molecular formula is C33H30BN3O2. The first-order valence-electron chi connectivity index (χ1n) is 13.2. The van der Waals surface area contributed by atoms with E-state index in [1.54, 1.807) is 0 Å². The van der Waals surface area contributed by atoms with Crippen LogP contribution in [0.15, 0.2) is 109 Å². The summed E-state index contributed by atoms with van der Waals surface area (Å²) in [6.45, 7) is 8.28. The largest absolute Gasteiger partial charge is 0.494 e. The fourth-order valence-electron chi connectivity index (χ4n) is 4.69. The van der Waals surface area contributed by atoms with Gasteiger partial charge in [-0.1, -0.05) is 109 Å². The summed E-state index contributed by atoms with van der Waals surface area (Å²) < 4.78 is 12.7. The van der Waals surface area contributed by atoms with Crippen molar-refractivity contribution in [2.24, 2.45) is 0 Å². The minimum Gasteiger partial charge on any atom is -0.399 e. The minimum absolute atomic E-state index is 0.405. The van der Waals surface area contributed by atoms with E-state index in [1.807, 2.05) is 78.9 Å². The zero-order valence-electron chi connectivity index (χ0n) is 22.6. The molecule has 1 aliphatic heterocycles. The molecule has 192 valence electrons. The Balaban J connectivity index is 1.46. The van der Waals surface area contributed by atoms with Gasteiger partial charge in [0, 0.05) is 16.7 Å². The van der Waals surface area contributed by atoms with E-state index in [0.29, 0.717) is 17.5 Å². The van der Waals surface area contributed by atoms with Crippen molar-refractivity contribution in [3.63, 3.8) is 0 Å². The number of hydrogen-bond donors (Lipinski definition) is 0. The molecule has 1 saturated heterocycles. The Kier molecular flexibility index (Phi) is 6.38.